The van der Waals surface area contributed by atoms with E-state index >= 15 is 0 Å². The van der Waals surface area contributed by atoms with Crippen LogP contribution in [0.15, 0.2) is 36.4 Å². The SMILES string of the molecule is Cc1nc(NCc2ccccc2)c(Cl)cc1C(=O)O. The van der Waals surface area contributed by atoms with Crippen molar-refractivity contribution in [2.45, 2.75) is 13.5 Å². The zero-order valence-corrected chi connectivity index (χ0v) is 11.1. The zero-order valence-electron chi connectivity index (χ0n) is 10.4. The molecule has 5 heteroatoms. The lowest BCUT2D eigenvalue weighted by molar-refractivity contribution is 0.0695. The summed E-state index contributed by atoms with van der Waals surface area (Å²) in [5, 5.41) is 12.4. The average molecular weight is 277 g/mol. The molecule has 0 atom stereocenters. The Balaban J connectivity index is 2.17. The molecule has 19 heavy (non-hydrogen) atoms. The largest absolute Gasteiger partial charge is 0.478 e. The molecule has 0 saturated carbocycles. The van der Waals surface area contributed by atoms with Crippen molar-refractivity contribution in [2.75, 3.05) is 5.32 Å². The number of aryl methyl sites for hydroxylation is 1. The lowest BCUT2D eigenvalue weighted by Crippen LogP contribution is -2.07. The standard InChI is InChI=1S/C14H13ClN2O2/c1-9-11(14(18)19)7-12(15)13(17-9)16-8-10-5-3-2-4-6-10/h2-7H,8H2,1H3,(H,16,17)(H,18,19). The van der Waals surface area contributed by atoms with E-state index in [1.54, 1.807) is 6.92 Å². The smallest absolute Gasteiger partial charge is 0.337 e. The summed E-state index contributed by atoms with van der Waals surface area (Å²) >= 11 is 6.02. The number of aromatic nitrogens is 1. The molecule has 2 aromatic rings. The van der Waals surface area contributed by atoms with Gasteiger partial charge in [-0.3, -0.25) is 0 Å². The number of carbonyl (C=O) groups is 1. The molecule has 0 fully saturated rings. The van der Waals surface area contributed by atoms with Crippen LogP contribution in [0, 0.1) is 6.92 Å². The van der Waals surface area contributed by atoms with Crippen LogP contribution >= 0.6 is 11.6 Å². The van der Waals surface area contributed by atoms with Crippen molar-refractivity contribution in [1.29, 1.82) is 0 Å². The molecule has 0 bridgehead atoms. The predicted octanol–water partition coefficient (Wildman–Crippen LogP) is 3.35. The van der Waals surface area contributed by atoms with Gasteiger partial charge in [0.05, 0.1) is 16.3 Å². The normalized spacial score (nSPS) is 10.2. The van der Waals surface area contributed by atoms with Crippen molar-refractivity contribution >= 4 is 23.4 Å². The van der Waals surface area contributed by atoms with Gasteiger partial charge >= 0.3 is 5.97 Å². The van der Waals surface area contributed by atoms with Gasteiger partial charge in [0.15, 0.2) is 0 Å². The zero-order chi connectivity index (χ0) is 13.8. The molecular formula is C14H13ClN2O2. The molecule has 0 amide bonds. The van der Waals surface area contributed by atoms with Gasteiger partial charge in [0.1, 0.15) is 5.82 Å². The van der Waals surface area contributed by atoms with Crippen molar-refractivity contribution in [2.24, 2.45) is 0 Å². The Morgan fingerprint density at radius 2 is 2.05 bits per heavy atom. The Kier molecular flexibility index (Phi) is 4.02. The summed E-state index contributed by atoms with van der Waals surface area (Å²) in [6.07, 6.45) is 0. The molecule has 98 valence electrons. The maximum absolute atomic E-state index is 10.9. The Hall–Kier alpha value is -2.07. The Bertz CT molecular complexity index is 600. The molecule has 0 aliphatic heterocycles. The van der Waals surface area contributed by atoms with E-state index < -0.39 is 5.97 Å². The second-order valence-corrected chi connectivity index (χ2v) is 4.50. The van der Waals surface area contributed by atoms with E-state index in [1.165, 1.54) is 6.07 Å². The van der Waals surface area contributed by atoms with Crippen molar-refractivity contribution < 1.29 is 9.90 Å². The van der Waals surface area contributed by atoms with E-state index in [1.807, 2.05) is 30.3 Å². The van der Waals surface area contributed by atoms with Gasteiger partial charge in [0.25, 0.3) is 0 Å². The minimum Gasteiger partial charge on any atom is -0.478 e. The van der Waals surface area contributed by atoms with Gasteiger partial charge in [-0.25, -0.2) is 9.78 Å². The molecule has 0 spiro atoms. The summed E-state index contributed by atoms with van der Waals surface area (Å²) in [4.78, 5) is 15.1. The maximum atomic E-state index is 10.9. The summed E-state index contributed by atoms with van der Waals surface area (Å²) in [6.45, 7) is 2.23. The van der Waals surface area contributed by atoms with Gasteiger partial charge < -0.3 is 10.4 Å². The number of pyridine rings is 1. The number of hydrogen-bond donors (Lipinski definition) is 2. The highest BCUT2D eigenvalue weighted by Crippen LogP contribution is 2.23. The van der Waals surface area contributed by atoms with E-state index in [9.17, 15) is 4.79 Å². The quantitative estimate of drug-likeness (QED) is 0.899. The number of rotatable bonds is 4. The first-order valence-electron chi connectivity index (χ1n) is 5.76. The molecule has 0 unspecified atom stereocenters. The van der Waals surface area contributed by atoms with Gasteiger partial charge in [-0.2, -0.15) is 0 Å². The number of carboxylic acids is 1. The molecule has 0 saturated heterocycles. The third-order valence-electron chi connectivity index (χ3n) is 2.70. The van der Waals surface area contributed by atoms with Crippen LogP contribution in [0.1, 0.15) is 21.6 Å². The second-order valence-electron chi connectivity index (χ2n) is 4.10. The van der Waals surface area contributed by atoms with Crippen LogP contribution in [0.25, 0.3) is 0 Å². The molecule has 0 aliphatic carbocycles. The Morgan fingerprint density at radius 1 is 1.37 bits per heavy atom. The van der Waals surface area contributed by atoms with Crippen LogP contribution in [0.5, 0.6) is 0 Å². The van der Waals surface area contributed by atoms with Crippen LogP contribution in [-0.4, -0.2) is 16.1 Å². The lowest BCUT2D eigenvalue weighted by Gasteiger charge is -2.10. The number of hydrogen-bond acceptors (Lipinski definition) is 3. The first kappa shape index (κ1) is 13.4. The topological polar surface area (TPSA) is 62.2 Å². The summed E-state index contributed by atoms with van der Waals surface area (Å²) in [7, 11) is 0. The van der Waals surface area contributed by atoms with E-state index in [0.29, 0.717) is 23.1 Å². The highest BCUT2D eigenvalue weighted by atomic mass is 35.5. The molecule has 2 N–H and O–H groups in total. The number of carboxylic acid groups (broad SMARTS) is 1. The molecule has 2 rings (SSSR count). The number of benzene rings is 1. The third kappa shape index (κ3) is 3.23. The van der Waals surface area contributed by atoms with Gasteiger partial charge in [0, 0.05) is 6.54 Å². The summed E-state index contributed by atoms with van der Waals surface area (Å²) in [5.41, 5.74) is 1.66. The van der Waals surface area contributed by atoms with Crippen LogP contribution in [-0.2, 0) is 6.54 Å². The Morgan fingerprint density at radius 3 is 2.68 bits per heavy atom. The average Bonchev–Trinajstić information content (AvgIpc) is 2.40. The predicted molar refractivity (Wildman–Crippen MR) is 74.7 cm³/mol. The third-order valence-corrected chi connectivity index (χ3v) is 2.99. The van der Waals surface area contributed by atoms with Crippen LogP contribution in [0.2, 0.25) is 5.02 Å². The van der Waals surface area contributed by atoms with E-state index in [4.69, 9.17) is 16.7 Å². The van der Waals surface area contributed by atoms with E-state index in [2.05, 4.69) is 10.3 Å². The molecular weight excluding hydrogens is 264 g/mol. The molecule has 1 heterocycles. The molecule has 4 nitrogen and oxygen atoms in total. The monoisotopic (exact) mass is 276 g/mol. The van der Waals surface area contributed by atoms with Crippen molar-refractivity contribution in [3.8, 4) is 0 Å². The molecule has 0 aliphatic rings. The van der Waals surface area contributed by atoms with Crippen molar-refractivity contribution in [3.63, 3.8) is 0 Å². The van der Waals surface area contributed by atoms with Crippen LogP contribution in [0.3, 0.4) is 0 Å². The number of nitrogens with zero attached hydrogens (tertiary/aromatic N) is 1. The number of nitrogens with one attached hydrogen (secondary N) is 1. The summed E-state index contributed by atoms with van der Waals surface area (Å²) in [5.74, 6) is -0.533. The minimum absolute atomic E-state index is 0.121. The number of aromatic carboxylic acids is 1. The fraction of sp³-hybridized carbons (Fsp3) is 0.143. The maximum Gasteiger partial charge on any atom is 0.337 e. The van der Waals surface area contributed by atoms with Crippen molar-refractivity contribution in [1.82, 2.24) is 4.98 Å². The first-order chi connectivity index (χ1) is 9.08. The molecule has 1 aromatic carbocycles. The van der Waals surface area contributed by atoms with Crippen LogP contribution < -0.4 is 5.32 Å². The van der Waals surface area contributed by atoms with E-state index in [-0.39, 0.29) is 5.56 Å². The first-order valence-corrected chi connectivity index (χ1v) is 6.14. The number of halogens is 1. The fourth-order valence-electron chi connectivity index (χ4n) is 1.70. The second kappa shape index (κ2) is 5.71. The van der Waals surface area contributed by atoms with E-state index in [0.717, 1.165) is 5.56 Å². The van der Waals surface area contributed by atoms with Gasteiger partial charge in [-0.15, -0.1) is 0 Å². The van der Waals surface area contributed by atoms with Crippen LogP contribution in [0.4, 0.5) is 5.82 Å². The van der Waals surface area contributed by atoms with Gasteiger partial charge in [-0.1, -0.05) is 41.9 Å². The summed E-state index contributed by atoms with van der Waals surface area (Å²) in [6, 6.07) is 11.2. The summed E-state index contributed by atoms with van der Waals surface area (Å²) < 4.78 is 0. The molecule has 1 aromatic heterocycles. The molecule has 0 radical (unpaired) electrons. The number of anilines is 1. The fourth-order valence-corrected chi connectivity index (χ4v) is 1.92. The van der Waals surface area contributed by atoms with Gasteiger partial charge in [-0.05, 0) is 18.6 Å². The lowest BCUT2D eigenvalue weighted by atomic mass is 10.2. The highest BCUT2D eigenvalue weighted by Gasteiger charge is 2.12. The highest BCUT2D eigenvalue weighted by molar-refractivity contribution is 6.33. The van der Waals surface area contributed by atoms with Gasteiger partial charge in [0.2, 0.25) is 0 Å². The minimum atomic E-state index is -1.03. The van der Waals surface area contributed by atoms with Crippen molar-refractivity contribution in [3.05, 3.63) is 58.2 Å². The Labute approximate surface area is 116 Å².